The fourth-order valence-electron chi connectivity index (χ4n) is 6.36. The zero-order chi connectivity index (χ0) is 32.5. The van der Waals surface area contributed by atoms with Gasteiger partial charge >= 0.3 is 24.3 Å². The van der Waals surface area contributed by atoms with Gasteiger partial charge in [0.25, 0.3) is 0 Å². The molecule has 0 unspecified atom stereocenters. The molecule has 2 aromatic carbocycles. The Labute approximate surface area is 254 Å². The molecule has 244 valence electrons. The van der Waals surface area contributed by atoms with Crippen molar-refractivity contribution in [2.75, 3.05) is 26.8 Å². The summed E-state index contributed by atoms with van der Waals surface area (Å²) in [5, 5.41) is 2.78. The smallest absolute Gasteiger partial charge is 0.422 e. The van der Waals surface area contributed by atoms with Crippen LogP contribution in [-0.2, 0) is 14.3 Å². The van der Waals surface area contributed by atoms with E-state index in [1.54, 1.807) is 0 Å². The van der Waals surface area contributed by atoms with Gasteiger partial charge in [0, 0.05) is 31.2 Å². The third-order valence-electron chi connectivity index (χ3n) is 8.49. The van der Waals surface area contributed by atoms with Crippen LogP contribution in [0.1, 0.15) is 55.2 Å². The standard InChI is InChI=1S/C30H31F6N3O6/c1-43-27(40)26-25(17-4-9-22(32)23(33)12-17)39(29(42)45-26)28(41)37-19-10-11-38(14-19)20-6-2-16(3-7-20)21-8-5-18(31)13-24(21)44-15-30(34,35)36/h4-5,8-9,12-13,16,19-20,25-26H,2-3,6-7,10-11,14-15H2,1H3,(H,37,41)/t16-,19-,20-,25+,26-/m1/s1. The highest BCUT2D eigenvalue weighted by Gasteiger charge is 2.51. The summed E-state index contributed by atoms with van der Waals surface area (Å²) in [5.74, 6) is -4.27. The first-order valence-electron chi connectivity index (χ1n) is 14.4. The Morgan fingerprint density at radius 1 is 1.00 bits per heavy atom. The van der Waals surface area contributed by atoms with E-state index >= 15 is 0 Å². The number of esters is 1. The number of nitrogens with zero attached hydrogens (tertiary/aromatic N) is 2. The van der Waals surface area contributed by atoms with Gasteiger partial charge in [0.15, 0.2) is 18.2 Å². The van der Waals surface area contributed by atoms with Crippen LogP contribution in [0, 0.1) is 17.5 Å². The van der Waals surface area contributed by atoms with Gasteiger partial charge in [-0.25, -0.2) is 32.5 Å². The van der Waals surface area contributed by atoms with E-state index in [4.69, 9.17) is 9.47 Å². The fourth-order valence-corrected chi connectivity index (χ4v) is 6.36. The maximum absolute atomic E-state index is 14.0. The van der Waals surface area contributed by atoms with Crippen molar-refractivity contribution in [2.45, 2.75) is 68.4 Å². The minimum Gasteiger partial charge on any atom is -0.484 e. The number of rotatable bonds is 7. The molecule has 3 atom stereocenters. The summed E-state index contributed by atoms with van der Waals surface area (Å²) in [5.41, 5.74) is 0.493. The van der Waals surface area contributed by atoms with Crippen LogP contribution in [0.5, 0.6) is 5.75 Å². The van der Waals surface area contributed by atoms with Gasteiger partial charge in [-0.3, -0.25) is 4.90 Å². The molecule has 0 radical (unpaired) electrons. The molecule has 2 aromatic rings. The number of hydrogen-bond acceptors (Lipinski definition) is 7. The molecular weight excluding hydrogens is 612 g/mol. The van der Waals surface area contributed by atoms with Crippen LogP contribution in [0.3, 0.4) is 0 Å². The van der Waals surface area contributed by atoms with Crippen LogP contribution in [-0.4, -0.2) is 79.1 Å². The Kier molecular flexibility index (Phi) is 9.46. The second kappa shape index (κ2) is 13.2. The van der Waals surface area contributed by atoms with Gasteiger partial charge in [-0.1, -0.05) is 12.1 Å². The van der Waals surface area contributed by atoms with Crippen molar-refractivity contribution in [3.05, 3.63) is 65.0 Å². The number of carbonyl (C=O) groups is 3. The van der Waals surface area contributed by atoms with Gasteiger partial charge in [0.2, 0.25) is 6.10 Å². The molecular formula is C30H31F6N3O6. The first kappa shape index (κ1) is 32.4. The van der Waals surface area contributed by atoms with E-state index in [1.807, 2.05) is 0 Å². The van der Waals surface area contributed by atoms with Gasteiger partial charge in [0.05, 0.1) is 7.11 Å². The van der Waals surface area contributed by atoms with Crippen molar-refractivity contribution in [3.8, 4) is 5.75 Å². The van der Waals surface area contributed by atoms with E-state index in [2.05, 4.69) is 15.0 Å². The maximum Gasteiger partial charge on any atom is 0.422 e. The predicted molar refractivity (Wildman–Crippen MR) is 145 cm³/mol. The highest BCUT2D eigenvalue weighted by atomic mass is 19.4. The molecule has 1 N–H and O–H groups in total. The molecule has 0 aromatic heterocycles. The highest BCUT2D eigenvalue weighted by Crippen LogP contribution is 2.40. The first-order chi connectivity index (χ1) is 21.3. The number of likely N-dealkylation sites (tertiary alicyclic amines) is 1. The van der Waals surface area contributed by atoms with Crippen LogP contribution in [0.15, 0.2) is 36.4 Å². The van der Waals surface area contributed by atoms with Crippen molar-refractivity contribution >= 4 is 18.1 Å². The summed E-state index contributed by atoms with van der Waals surface area (Å²) in [6.45, 7) is -0.449. The number of benzene rings is 2. The largest absolute Gasteiger partial charge is 0.484 e. The van der Waals surface area contributed by atoms with Crippen LogP contribution in [0.25, 0.3) is 0 Å². The fraction of sp³-hybridized carbons (Fsp3) is 0.500. The van der Waals surface area contributed by atoms with Gasteiger partial charge in [-0.2, -0.15) is 13.2 Å². The zero-order valence-electron chi connectivity index (χ0n) is 24.1. The summed E-state index contributed by atoms with van der Waals surface area (Å²) in [7, 11) is 1.06. The summed E-state index contributed by atoms with van der Waals surface area (Å²) in [6, 6.07) is 3.85. The Morgan fingerprint density at radius 3 is 2.40 bits per heavy atom. The van der Waals surface area contributed by atoms with E-state index < -0.39 is 60.5 Å². The number of carbonyl (C=O) groups excluding carboxylic acids is 3. The lowest BCUT2D eigenvalue weighted by Gasteiger charge is -2.35. The third kappa shape index (κ3) is 7.29. The Balaban J connectivity index is 1.20. The quantitative estimate of drug-likeness (QED) is 0.311. The number of hydrogen-bond donors (Lipinski definition) is 1. The van der Waals surface area contributed by atoms with E-state index in [1.165, 1.54) is 12.1 Å². The molecule has 2 saturated heterocycles. The lowest BCUT2D eigenvalue weighted by molar-refractivity contribution is -0.153. The predicted octanol–water partition coefficient (Wildman–Crippen LogP) is 5.59. The summed E-state index contributed by atoms with van der Waals surface area (Å²) >= 11 is 0. The summed E-state index contributed by atoms with van der Waals surface area (Å²) in [6.07, 6.45) is -4.07. The highest BCUT2D eigenvalue weighted by molar-refractivity contribution is 5.96. The van der Waals surface area contributed by atoms with Crippen LogP contribution >= 0.6 is 0 Å². The number of cyclic esters (lactones) is 1. The number of methoxy groups -OCH3 is 1. The Bertz CT molecular complexity index is 1430. The second-order valence-corrected chi connectivity index (χ2v) is 11.3. The van der Waals surface area contributed by atoms with Crippen molar-refractivity contribution in [2.24, 2.45) is 0 Å². The minimum atomic E-state index is -4.55. The van der Waals surface area contributed by atoms with E-state index in [-0.39, 0.29) is 29.3 Å². The molecule has 9 nitrogen and oxygen atoms in total. The van der Waals surface area contributed by atoms with Crippen LogP contribution in [0.2, 0.25) is 0 Å². The normalized spacial score (nSPS) is 25.6. The van der Waals surface area contributed by atoms with Gasteiger partial charge < -0.3 is 19.5 Å². The SMILES string of the molecule is COC(=O)[C@@H]1OC(=O)N(C(=O)N[C@@H]2CCN([C@H]3CC[C@H](c4ccc(F)cc4OCC(F)(F)F)CC3)C2)[C@H]1c1ccc(F)c(F)c1. The Hall–Kier alpha value is -4.01. The number of amides is 3. The number of imide groups is 1. The zero-order valence-corrected chi connectivity index (χ0v) is 24.1. The molecule has 2 aliphatic heterocycles. The van der Waals surface area contributed by atoms with E-state index in [0.29, 0.717) is 55.7 Å². The van der Waals surface area contributed by atoms with Gasteiger partial charge in [-0.15, -0.1) is 0 Å². The van der Waals surface area contributed by atoms with Crippen molar-refractivity contribution in [1.29, 1.82) is 0 Å². The van der Waals surface area contributed by atoms with Crippen LogP contribution < -0.4 is 10.1 Å². The topological polar surface area (TPSA) is 97.4 Å². The third-order valence-corrected chi connectivity index (χ3v) is 8.49. The number of halogens is 6. The molecule has 3 fully saturated rings. The van der Waals surface area contributed by atoms with Crippen molar-refractivity contribution in [3.63, 3.8) is 0 Å². The molecule has 3 amide bonds. The van der Waals surface area contributed by atoms with Gasteiger partial charge in [-0.05, 0) is 67.3 Å². The molecule has 0 bridgehead atoms. The molecule has 45 heavy (non-hydrogen) atoms. The summed E-state index contributed by atoms with van der Waals surface area (Å²) < 4.78 is 94.3. The van der Waals surface area contributed by atoms with E-state index in [9.17, 15) is 40.7 Å². The summed E-state index contributed by atoms with van der Waals surface area (Å²) in [4.78, 5) is 41.2. The number of ether oxygens (including phenoxy) is 3. The van der Waals surface area contributed by atoms with E-state index in [0.717, 1.165) is 31.4 Å². The molecule has 0 spiro atoms. The number of alkyl halides is 3. The van der Waals surface area contributed by atoms with Crippen molar-refractivity contribution < 1.29 is 54.9 Å². The minimum absolute atomic E-state index is 0.0387. The van der Waals surface area contributed by atoms with Crippen LogP contribution in [0.4, 0.5) is 35.9 Å². The molecule has 5 rings (SSSR count). The molecule has 3 aliphatic rings. The average molecular weight is 644 g/mol. The van der Waals surface area contributed by atoms with Gasteiger partial charge in [0.1, 0.15) is 17.6 Å². The first-order valence-corrected chi connectivity index (χ1v) is 14.4. The molecule has 15 heteroatoms. The maximum atomic E-state index is 14.0. The lowest BCUT2D eigenvalue weighted by Crippen LogP contribution is -2.48. The number of nitrogens with one attached hydrogen (secondary N) is 1. The molecule has 1 aliphatic carbocycles. The van der Waals surface area contributed by atoms with Crippen molar-refractivity contribution in [1.82, 2.24) is 15.1 Å². The monoisotopic (exact) mass is 643 g/mol. The second-order valence-electron chi connectivity index (χ2n) is 11.3. The number of urea groups is 1. The molecule has 1 saturated carbocycles. The Morgan fingerprint density at radius 2 is 1.73 bits per heavy atom. The lowest BCUT2D eigenvalue weighted by atomic mass is 9.81. The average Bonchev–Trinajstić information content (AvgIpc) is 3.61. The molecule has 2 heterocycles.